The van der Waals surface area contributed by atoms with Gasteiger partial charge < -0.3 is 9.84 Å². The molecule has 0 fully saturated rings. The van der Waals surface area contributed by atoms with Crippen molar-refractivity contribution in [3.8, 4) is 0 Å². The average molecular weight is 101 g/mol. The molecule has 1 unspecified atom stereocenters. The minimum atomic E-state index is -1.04. The Bertz CT molecular complexity index is 52.0. The second kappa shape index (κ2) is 3.84. The van der Waals surface area contributed by atoms with Gasteiger partial charge in [-0.15, -0.1) is 6.58 Å². The van der Waals surface area contributed by atoms with E-state index in [-0.39, 0.29) is 0 Å². The molecule has 0 heterocycles. The van der Waals surface area contributed by atoms with Gasteiger partial charge in [0.15, 0.2) is 0 Å². The molecule has 2 heteroatoms. The first kappa shape index (κ1) is 6.66. The first-order chi connectivity index (χ1) is 3.31. The molecule has 0 N–H and O–H groups in total. The summed E-state index contributed by atoms with van der Waals surface area (Å²) in [6.45, 7) is 5.47. The van der Waals surface area contributed by atoms with Gasteiger partial charge >= 0.3 is 0 Å². The van der Waals surface area contributed by atoms with Gasteiger partial charge in [-0.1, -0.05) is 6.08 Å². The standard InChI is InChI=1S/C5H9O2/c1-3-5(6)7-4-2/h3,5H,1,4H2,2H3/q-1. The van der Waals surface area contributed by atoms with Crippen LogP contribution in [0.5, 0.6) is 0 Å². The summed E-state index contributed by atoms with van der Waals surface area (Å²) < 4.78 is 4.52. The Balaban J connectivity index is 2.98. The van der Waals surface area contributed by atoms with E-state index in [1.54, 1.807) is 6.92 Å². The van der Waals surface area contributed by atoms with Gasteiger partial charge in [0.2, 0.25) is 0 Å². The monoisotopic (exact) mass is 101 g/mol. The minimum absolute atomic E-state index is 0.459. The zero-order valence-corrected chi connectivity index (χ0v) is 4.39. The quantitative estimate of drug-likeness (QED) is 0.367. The Morgan fingerprint density at radius 3 is 2.71 bits per heavy atom. The molecule has 0 bridgehead atoms. The average Bonchev–Trinajstić information content (AvgIpc) is 1.68. The third-order valence-corrected chi connectivity index (χ3v) is 0.523. The Hall–Kier alpha value is -0.340. The van der Waals surface area contributed by atoms with Gasteiger partial charge in [-0.05, 0) is 13.2 Å². The molecule has 0 aliphatic heterocycles. The molecule has 1 atom stereocenters. The second-order valence-corrected chi connectivity index (χ2v) is 1.06. The molecule has 0 amide bonds. The number of rotatable bonds is 3. The zero-order chi connectivity index (χ0) is 5.70. The third kappa shape index (κ3) is 3.49. The van der Waals surface area contributed by atoms with Crippen LogP contribution in [0.25, 0.3) is 0 Å². The molecule has 0 radical (unpaired) electrons. The fourth-order valence-electron chi connectivity index (χ4n) is 0.232. The van der Waals surface area contributed by atoms with Crippen LogP contribution in [0.15, 0.2) is 12.7 Å². The smallest absolute Gasteiger partial charge is 0.0427 e. The number of hydrogen-bond donors (Lipinski definition) is 0. The van der Waals surface area contributed by atoms with Crippen LogP contribution < -0.4 is 5.11 Å². The highest BCUT2D eigenvalue weighted by Crippen LogP contribution is 1.78. The van der Waals surface area contributed by atoms with Gasteiger partial charge in [-0.3, -0.25) is 0 Å². The molecule has 0 aliphatic rings. The molecule has 0 saturated carbocycles. The summed E-state index contributed by atoms with van der Waals surface area (Å²) in [7, 11) is 0. The normalized spacial score (nSPS) is 13.4. The maximum atomic E-state index is 10.2. The Kier molecular flexibility index (Phi) is 3.65. The summed E-state index contributed by atoms with van der Waals surface area (Å²) in [5.41, 5.74) is 0. The van der Waals surface area contributed by atoms with Crippen LogP contribution in [0.3, 0.4) is 0 Å². The molecule has 0 saturated heterocycles. The lowest BCUT2D eigenvalue weighted by Gasteiger charge is -2.15. The van der Waals surface area contributed by atoms with Gasteiger partial charge in [0.05, 0.1) is 0 Å². The first-order valence-corrected chi connectivity index (χ1v) is 2.21. The van der Waals surface area contributed by atoms with Crippen molar-refractivity contribution in [2.75, 3.05) is 6.61 Å². The molecule has 0 aromatic heterocycles. The molecule has 0 aromatic rings. The fraction of sp³-hybridized carbons (Fsp3) is 0.600. The molecular formula is C5H9O2-. The van der Waals surface area contributed by atoms with E-state index < -0.39 is 6.29 Å². The summed E-state index contributed by atoms with van der Waals surface area (Å²) in [6, 6.07) is 0. The maximum Gasteiger partial charge on any atom is 0.0427 e. The van der Waals surface area contributed by atoms with Crippen molar-refractivity contribution >= 4 is 0 Å². The largest absolute Gasteiger partial charge is 0.828 e. The Morgan fingerprint density at radius 2 is 2.57 bits per heavy atom. The van der Waals surface area contributed by atoms with E-state index in [1.165, 1.54) is 6.08 Å². The number of ether oxygens (including phenoxy) is 1. The highest BCUT2D eigenvalue weighted by Gasteiger charge is 1.78. The first-order valence-electron chi connectivity index (χ1n) is 2.21. The Morgan fingerprint density at radius 1 is 2.00 bits per heavy atom. The van der Waals surface area contributed by atoms with Crippen LogP contribution in [0, 0.1) is 0 Å². The molecule has 2 nitrogen and oxygen atoms in total. The van der Waals surface area contributed by atoms with Crippen LogP contribution in [0.4, 0.5) is 0 Å². The van der Waals surface area contributed by atoms with E-state index in [1.807, 2.05) is 0 Å². The van der Waals surface area contributed by atoms with Crippen LogP contribution in [-0.4, -0.2) is 12.9 Å². The van der Waals surface area contributed by atoms with Crippen molar-refractivity contribution in [1.29, 1.82) is 0 Å². The highest BCUT2D eigenvalue weighted by molar-refractivity contribution is 4.67. The van der Waals surface area contributed by atoms with Crippen LogP contribution in [-0.2, 0) is 4.74 Å². The van der Waals surface area contributed by atoms with Crippen LogP contribution >= 0.6 is 0 Å². The van der Waals surface area contributed by atoms with Gasteiger partial charge in [-0.25, -0.2) is 0 Å². The summed E-state index contributed by atoms with van der Waals surface area (Å²) in [5.74, 6) is 0. The van der Waals surface area contributed by atoms with Crippen molar-refractivity contribution in [3.63, 3.8) is 0 Å². The summed E-state index contributed by atoms with van der Waals surface area (Å²) in [6.07, 6.45) is 0.189. The lowest BCUT2D eigenvalue weighted by molar-refractivity contribution is -0.471. The van der Waals surface area contributed by atoms with E-state index in [4.69, 9.17) is 0 Å². The van der Waals surface area contributed by atoms with Crippen molar-refractivity contribution < 1.29 is 9.84 Å². The van der Waals surface area contributed by atoms with Crippen molar-refractivity contribution in [1.82, 2.24) is 0 Å². The molecular weight excluding hydrogens is 92.1 g/mol. The molecule has 0 spiro atoms. The molecule has 0 aliphatic carbocycles. The Labute approximate surface area is 43.4 Å². The van der Waals surface area contributed by atoms with Gasteiger partial charge in [0, 0.05) is 6.61 Å². The number of hydrogen-bond acceptors (Lipinski definition) is 2. The summed E-state index contributed by atoms with van der Waals surface area (Å²) in [4.78, 5) is 0. The molecule has 0 aromatic carbocycles. The lowest BCUT2D eigenvalue weighted by Crippen LogP contribution is -2.25. The molecule has 42 valence electrons. The van der Waals surface area contributed by atoms with Crippen molar-refractivity contribution in [2.45, 2.75) is 13.2 Å². The summed E-state index contributed by atoms with van der Waals surface area (Å²) >= 11 is 0. The zero-order valence-electron chi connectivity index (χ0n) is 4.39. The summed E-state index contributed by atoms with van der Waals surface area (Å²) in [5, 5.41) is 10.2. The molecule has 7 heavy (non-hydrogen) atoms. The van der Waals surface area contributed by atoms with Crippen molar-refractivity contribution in [3.05, 3.63) is 12.7 Å². The fourth-order valence-corrected chi connectivity index (χ4v) is 0.232. The van der Waals surface area contributed by atoms with Crippen LogP contribution in [0.2, 0.25) is 0 Å². The predicted octanol–water partition coefficient (Wildman–Crippen LogP) is -0.105. The van der Waals surface area contributed by atoms with E-state index in [2.05, 4.69) is 11.3 Å². The molecule has 0 rings (SSSR count). The minimum Gasteiger partial charge on any atom is -0.828 e. The highest BCUT2D eigenvalue weighted by atomic mass is 16.6. The van der Waals surface area contributed by atoms with E-state index >= 15 is 0 Å². The second-order valence-electron chi connectivity index (χ2n) is 1.06. The topological polar surface area (TPSA) is 32.3 Å². The van der Waals surface area contributed by atoms with Crippen LogP contribution in [0.1, 0.15) is 6.92 Å². The van der Waals surface area contributed by atoms with E-state index in [9.17, 15) is 5.11 Å². The SMILES string of the molecule is C=CC([O-])OCC. The van der Waals surface area contributed by atoms with Crippen molar-refractivity contribution in [2.24, 2.45) is 0 Å². The third-order valence-electron chi connectivity index (χ3n) is 0.523. The predicted molar refractivity (Wildman–Crippen MR) is 25.6 cm³/mol. The maximum absolute atomic E-state index is 10.2. The lowest BCUT2D eigenvalue weighted by atomic mass is 10.6. The van der Waals surface area contributed by atoms with E-state index in [0.29, 0.717) is 6.61 Å². The van der Waals surface area contributed by atoms with Gasteiger partial charge in [-0.2, -0.15) is 0 Å². The van der Waals surface area contributed by atoms with E-state index in [0.717, 1.165) is 0 Å². The van der Waals surface area contributed by atoms with Gasteiger partial charge in [0.25, 0.3) is 0 Å². The van der Waals surface area contributed by atoms with Gasteiger partial charge in [0.1, 0.15) is 0 Å².